The average molecular weight is 799 g/mol. The standard InChI is InChI=1S/C43H48BrN3O7/c1-5-7-21-34(49)45-25-33(30-19-12-9-13-20-30)53-42(52)35-36-40(50)47(31(26-48)23-29-17-10-8-11-18-29)39(43(36)24-32(44)38(35)54-43)41(51)46(22-6-2)37-27(3)15-14-16-28(37)4/h5-6,8-20,31-33,35-36,38-39,48H,1-2,7,21-26H2,3-4H3,(H,45,49)/t31-,32?,33+,35+,36-,38+,39+,43-/m1/s1. The van der Waals surface area contributed by atoms with Crippen LogP contribution in [0.25, 0.3) is 0 Å². The molecule has 3 aromatic rings. The molecule has 10 nitrogen and oxygen atoms in total. The van der Waals surface area contributed by atoms with Gasteiger partial charge in [-0.3, -0.25) is 19.2 Å². The molecule has 3 saturated heterocycles. The molecule has 3 aliphatic heterocycles. The monoisotopic (exact) mass is 797 g/mol. The number of carbonyl (C=O) groups is 4. The van der Waals surface area contributed by atoms with Crippen molar-refractivity contribution in [2.24, 2.45) is 11.8 Å². The van der Waals surface area contributed by atoms with Crippen LogP contribution < -0.4 is 10.2 Å². The molecule has 3 aromatic carbocycles. The number of ether oxygens (including phenoxy) is 2. The topological polar surface area (TPSA) is 125 Å². The minimum Gasteiger partial charge on any atom is -0.455 e. The second kappa shape index (κ2) is 16.8. The zero-order valence-corrected chi connectivity index (χ0v) is 32.3. The number of hydrogen-bond acceptors (Lipinski definition) is 7. The predicted molar refractivity (Wildman–Crippen MR) is 210 cm³/mol. The molecule has 2 bridgehead atoms. The molecular weight excluding hydrogens is 750 g/mol. The van der Waals surface area contributed by atoms with Crippen LogP contribution in [-0.4, -0.2) is 82.0 Å². The minimum absolute atomic E-state index is 0.0225. The van der Waals surface area contributed by atoms with E-state index in [0.29, 0.717) is 17.7 Å². The first-order valence-corrected chi connectivity index (χ1v) is 19.4. The fraction of sp³-hybridized carbons (Fsp3) is 0.395. The molecule has 54 heavy (non-hydrogen) atoms. The number of nitrogens with one attached hydrogen (secondary N) is 1. The van der Waals surface area contributed by atoms with Crippen LogP contribution in [0.4, 0.5) is 5.69 Å². The maximum absolute atomic E-state index is 15.3. The Morgan fingerprint density at radius 3 is 2.33 bits per heavy atom. The van der Waals surface area contributed by atoms with E-state index in [0.717, 1.165) is 16.7 Å². The number of fused-ring (bicyclic) bond motifs is 1. The lowest BCUT2D eigenvalue weighted by molar-refractivity contribution is -0.160. The molecule has 3 aliphatic rings. The molecular formula is C43H48BrN3O7. The minimum atomic E-state index is -1.40. The number of anilines is 1. The Balaban J connectivity index is 1.40. The summed E-state index contributed by atoms with van der Waals surface area (Å²) in [6, 6.07) is 22.4. The molecule has 3 heterocycles. The first kappa shape index (κ1) is 39.1. The smallest absolute Gasteiger partial charge is 0.313 e. The van der Waals surface area contributed by atoms with Gasteiger partial charge in [-0.05, 0) is 55.4 Å². The van der Waals surface area contributed by atoms with Gasteiger partial charge < -0.3 is 29.7 Å². The maximum Gasteiger partial charge on any atom is 0.313 e. The normalized spacial score (nSPS) is 25.1. The van der Waals surface area contributed by atoms with Gasteiger partial charge in [0.25, 0.3) is 5.91 Å². The zero-order chi connectivity index (χ0) is 38.6. The summed E-state index contributed by atoms with van der Waals surface area (Å²) in [4.78, 5) is 60.3. The molecule has 6 rings (SSSR count). The second-order valence-electron chi connectivity index (χ2n) is 14.4. The number of aliphatic hydroxyl groups excluding tert-OH is 1. The van der Waals surface area contributed by atoms with Gasteiger partial charge in [0.05, 0.1) is 37.1 Å². The molecule has 1 spiro atoms. The maximum atomic E-state index is 15.3. The molecule has 11 heteroatoms. The summed E-state index contributed by atoms with van der Waals surface area (Å²) >= 11 is 3.76. The molecule has 3 amide bonds. The number of likely N-dealkylation sites (tertiary alicyclic amines) is 1. The number of nitrogens with zero attached hydrogens (tertiary/aromatic N) is 2. The zero-order valence-electron chi connectivity index (χ0n) is 30.7. The van der Waals surface area contributed by atoms with Crippen LogP contribution in [0, 0.1) is 25.7 Å². The van der Waals surface area contributed by atoms with E-state index in [2.05, 4.69) is 34.4 Å². The van der Waals surface area contributed by atoms with Crippen LogP contribution in [-0.2, 0) is 35.1 Å². The Morgan fingerprint density at radius 2 is 1.70 bits per heavy atom. The average Bonchev–Trinajstić information content (AvgIpc) is 3.77. The summed E-state index contributed by atoms with van der Waals surface area (Å²) in [5.41, 5.74) is 2.60. The van der Waals surface area contributed by atoms with Crippen LogP contribution in [0.5, 0.6) is 0 Å². The molecule has 0 saturated carbocycles. The van der Waals surface area contributed by atoms with E-state index >= 15 is 9.59 Å². The number of esters is 1. The van der Waals surface area contributed by atoms with Gasteiger partial charge >= 0.3 is 5.97 Å². The van der Waals surface area contributed by atoms with E-state index in [1.807, 2.05) is 92.7 Å². The van der Waals surface area contributed by atoms with Gasteiger partial charge in [-0.15, -0.1) is 13.2 Å². The number of amides is 3. The Morgan fingerprint density at radius 1 is 1.04 bits per heavy atom. The van der Waals surface area contributed by atoms with E-state index in [4.69, 9.17) is 9.47 Å². The number of alkyl halides is 1. The Bertz CT molecular complexity index is 1850. The quantitative estimate of drug-likeness (QED) is 0.111. The van der Waals surface area contributed by atoms with Crippen LogP contribution in [0.3, 0.4) is 0 Å². The first-order chi connectivity index (χ1) is 26.1. The van der Waals surface area contributed by atoms with Crippen molar-refractivity contribution in [3.63, 3.8) is 0 Å². The van der Waals surface area contributed by atoms with Crippen molar-refractivity contribution < 1.29 is 33.8 Å². The van der Waals surface area contributed by atoms with Crippen LogP contribution >= 0.6 is 15.9 Å². The number of allylic oxidation sites excluding steroid dienone is 1. The van der Waals surface area contributed by atoms with E-state index in [9.17, 15) is 14.7 Å². The largest absolute Gasteiger partial charge is 0.455 e. The third-order valence-electron chi connectivity index (χ3n) is 10.9. The third-order valence-corrected chi connectivity index (χ3v) is 11.8. The molecule has 0 aromatic heterocycles. The highest BCUT2D eigenvalue weighted by Crippen LogP contribution is 2.61. The lowest BCUT2D eigenvalue weighted by Crippen LogP contribution is -2.59. The molecule has 2 N–H and O–H groups in total. The fourth-order valence-corrected chi connectivity index (χ4v) is 9.53. The van der Waals surface area contributed by atoms with Gasteiger partial charge in [0.2, 0.25) is 11.8 Å². The number of benzene rings is 3. The van der Waals surface area contributed by atoms with Gasteiger partial charge in [-0.25, -0.2) is 0 Å². The molecule has 284 valence electrons. The van der Waals surface area contributed by atoms with Gasteiger partial charge in [0.1, 0.15) is 17.7 Å². The highest BCUT2D eigenvalue weighted by Gasteiger charge is 2.77. The van der Waals surface area contributed by atoms with Crippen LogP contribution in [0.1, 0.15) is 47.6 Å². The van der Waals surface area contributed by atoms with E-state index in [1.165, 1.54) is 4.90 Å². The fourth-order valence-electron chi connectivity index (χ4n) is 8.59. The van der Waals surface area contributed by atoms with E-state index in [-0.39, 0.29) is 49.0 Å². The highest BCUT2D eigenvalue weighted by molar-refractivity contribution is 9.09. The lowest BCUT2D eigenvalue weighted by Gasteiger charge is -2.40. The Kier molecular flexibility index (Phi) is 12.2. The van der Waals surface area contributed by atoms with Crippen LogP contribution in [0.15, 0.2) is 104 Å². The summed E-state index contributed by atoms with van der Waals surface area (Å²) in [6.45, 7) is 11.2. The van der Waals surface area contributed by atoms with Crippen molar-refractivity contribution in [3.8, 4) is 0 Å². The van der Waals surface area contributed by atoms with Crippen LogP contribution in [0.2, 0.25) is 0 Å². The molecule has 0 aliphatic carbocycles. The number of halogens is 1. The Hall–Kier alpha value is -4.58. The van der Waals surface area contributed by atoms with Crippen molar-refractivity contribution in [1.82, 2.24) is 10.2 Å². The predicted octanol–water partition coefficient (Wildman–Crippen LogP) is 5.54. The summed E-state index contributed by atoms with van der Waals surface area (Å²) in [5, 5.41) is 13.8. The van der Waals surface area contributed by atoms with Crippen molar-refractivity contribution in [3.05, 3.63) is 126 Å². The Labute approximate surface area is 325 Å². The molecule has 8 atom stereocenters. The summed E-state index contributed by atoms with van der Waals surface area (Å²) < 4.78 is 13.0. The van der Waals surface area contributed by atoms with Crippen molar-refractivity contribution in [2.75, 3.05) is 24.6 Å². The number of hydrogen-bond donors (Lipinski definition) is 2. The second-order valence-corrected chi connectivity index (χ2v) is 15.6. The van der Waals surface area contributed by atoms with Crippen molar-refractivity contribution in [2.45, 2.75) is 74.3 Å². The SMILES string of the molecule is C=CCCC(=O)NC[C@H](OC(=O)[C@@H]1[C@H]2O[C@@]3(CC2Br)[C@H](C(=O)N(CC=C)c2c(C)cccc2C)N([C@@H](CO)Cc2ccccc2)C(=O)[C@@H]13)c1ccccc1. The summed E-state index contributed by atoms with van der Waals surface area (Å²) in [6.07, 6.45) is 3.00. The summed E-state index contributed by atoms with van der Waals surface area (Å²) in [7, 11) is 0. The summed E-state index contributed by atoms with van der Waals surface area (Å²) in [5.74, 6) is -3.82. The highest BCUT2D eigenvalue weighted by atomic mass is 79.9. The molecule has 0 radical (unpaired) electrons. The molecule has 1 unspecified atom stereocenters. The van der Waals surface area contributed by atoms with E-state index in [1.54, 1.807) is 17.1 Å². The van der Waals surface area contributed by atoms with Gasteiger partial charge in [-0.2, -0.15) is 0 Å². The third kappa shape index (κ3) is 7.41. The van der Waals surface area contributed by atoms with E-state index < -0.39 is 60.2 Å². The number of aliphatic hydroxyl groups is 1. The molecule has 3 fully saturated rings. The first-order valence-electron chi connectivity index (χ1n) is 18.5. The number of rotatable bonds is 16. The van der Waals surface area contributed by atoms with Gasteiger partial charge in [0.15, 0.2) is 0 Å². The number of para-hydroxylation sites is 1. The number of carbonyl (C=O) groups excluding carboxylic acids is 4. The van der Waals surface area contributed by atoms with Gasteiger partial charge in [0, 0.05) is 23.5 Å². The lowest BCUT2D eigenvalue weighted by atomic mass is 9.70. The van der Waals surface area contributed by atoms with Gasteiger partial charge in [-0.1, -0.05) is 107 Å². The number of aryl methyl sites for hydroxylation is 2. The van der Waals surface area contributed by atoms with Crippen molar-refractivity contribution in [1.29, 1.82) is 0 Å². The van der Waals surface area contributed by atoms with Crippen molar-refractivity contribution >= 4 is 45.3 Å².